The number of anilines is 2. The van der Waals surface area contributed by atoms with Crippen LogP contribution < -0.4 is 10.6 Å². The van der Waals surface area contributed by atoms with Gasteiger partial charge in [-0.05, 0) is 44.1 Å². The maximum Gasteiger partial charge on any atom is 0.222 e. The standard InChI is InChI=1S/C15H24N4S/c1-4-6-13-11(2)17-15(16)18-14(13)19-8-5-7-12(9-19)10-20-3/h4,12H,1,5-10H2,2-3H3,(H2,16,17,18)/t12-/m0/s1. The third-order valence-corrected chi connectivity index (χ3v) is 4.58. The van der Waals surface area contributed by atoms with Crippen LogP contribution in [0.2, 0.25) is 0 Å². The molecule has 0 radical (unpaired) electrons. The highest BCUT2D eigenvalue weighted by Gasteiger charge is 2.23. The Labute approximate surface area is 125 Å². The van der Waals surface area contributed by atoms with Gasteiger partial charge in [-0.2, -0.15) is 16.7 Å². The molecule has 2 N–H and O–H groups in total. The van der Waals surface area contributed by atoms with E-state index in [2.05, 4.69) is 27.7 Å². The lowest BCUT2D eigenvalue weighted by Crippen LogP contribution is -2.37. The van der Waals surface area contributed by atoms with Crippen molar-refractivity contribution in [3.05, 3.63) is 23.9 Å². The molecule has 0 saturated carbocycles. The van der Waals surface area contributed by atoms with Gasteiger partial charge >= 0.3 is 0 Å². The van der Waals surface area contributed by atoms with Crippen LogP contribution in [0.3, 0.4) is 0 Å². The van der Waals surface area contributed by atoms with Gasteiger partial charge in [-0.3, -0.25) is 0 Å². The maximum absolute atomic E-state index is 5.85. The molecule has 110 valence electrons. The first kappa shape index (κ1) is 15.2. The van der Waals surface area contributed by atoms with E-state index in [0.717, 1.165) is 36.9 Å². The first-order valence-electron chi connectivity index (χ1n) is 7.13. The Balaban J connectivity index is 2.28. The summed E-state index contributed by atoms with van der Waals surface area (Å²) in [6.07, 6.45) is 7.42. The fraction of sp³-hybridized carbons (Fsp3) is 0.600. The summed E-state index contributed by atoms with van der Waals surface area (Å²) >= 11 is 1.93. The quantitative estimate of drug-likeness (QED) is 0.846. The topological polar surface area (TPSA) is 55.0 Å². The summed E-state index contributed by atoms with van der Waals surface area (Å²) in [6, 6.07) is 0. The second-order valence-electron chi connectivity index (χ2n) is 5.37. The molecule has 1 aromatic heterocycles. The Morgan fingerprint density at radius 1 is 1.50 bits per heavy atom. The lowest BCUT2D eigenvalue weighted by molar-refractivity contribution is 0.450. The molecule has 20 heavy (non-hydrogen) atoms. The number of allylic oxidation sites excluding steroid dienone is 1. The Kier molecular flexibility index (Phi) is 5.29. The monoisotopic (exact) mass is 292 g/mol. The van der Waals surface area contributed by atoms with Crippen LogP contribution in [-0.4, -0.2) is 35.1 Å². The number of piperidine rings is 1. The molecule has 5 heteroatoms. The lowest BCUT2D eigenvalue weighted by atomic mass is 9.99. The molecule has 1 aromatic rings. The van der Waals surface area contributed by atoms with Crippen molar-refractivity contribution in [3.63, 3.8) is 0 Å². The minimum atomic E-state index is 0.373. The predicted octanol–water partition coefficient (Wildman–Crippen LogP) is 2.68. The van der Waals surface area contributed by atoms with E-state index in [1.54, 1.807) is 0 Å². The molecule has 2 heterocycles. The van der Waals surface area contributed by atoms with Gasteiger partial charge in [0.25, 0.3) is 0 Å². The molecule has 4 nitrogen and oxygen atoms in total. The molecule has 1 saturated heterocycles. The number of nitrogens with zero attached hydrogens (tertiary/aromatic N) is 3. The van der Waals surface area contributed by atoms with E-state index in [1.165, 1.54) is 24.2 Å². The minimum Gasteiger partial charge on any atom is -0.368 e. The summed E-state index contributed by atoms with van der Waals surface area (Å²) in [6.45, 7) is 7.98. The molecular weight excluding hydrogens is 268 g/mol. The van der Waals surface area contributed by atoms with Gasteiger partial charge in [-0.1, -0.05) is 6.08 Å². The van der Waals surface area contributed by atoms with Crippen LogP contribution in [0.5, 0.6) is 0 Å². The van der Waals surface area contributed by atoms with Crippen LogP contribution in [-0.2, 0) is 6.42 Å². The van der Waals surface area contributed by atoms with Crippen LogP contribution in [0.15, 0.2) is 12.7 Å². The van der Waals surface area contributed by atoms with Crippen molar-refractivity contribution in [1.29, 1.82) is 0 Å². The number of nitrogens with two attached hydrogens (primary N) is 1. The largest absolute Gasteiger partial charge is 0.368 e. The highest BCUT2D eigenvalue weighted by Crippen LogP contribution is 2.28. The predicted molar refractivity (Wildman–Crippen MR) is 88.4 cm³/mol. The third kappa shape index (κ3) is 3.45. The van der Waals surface area contributed by atoms with Crippen LogP contribution >= 0.6 is 11.8 Å². The number of thioether (sulfide) groups is 1. The molecule has 0 aromatic carbocycles. The van der Waals surface area contributed by atoms with Gasteiger partial charge < -0.3 is 10.6 Å². The summed E-state index contributed by atoms with van der Waals surface area (Å²) in [5.74, 6) is 3.34. The Morgan fingerprint density at radius 3 is 3.00 bits per heavy atom. The normalized spacial score (nSPS) is 19.1. The van der Waals surface area contributed by atoms with E-state index < -0.39 is 0 Å². The average molecular weight is 292 g/mol. The van der Waals surface area contributed by atoms with E-state index in [-0.39, 0.29) is 0 Å². The van der Waals surface area contributed by atoms with E-state index >= 15 is 0 Å². The highest BCUT2D eigenvalue weighted by molar-refractivity contribution is 7.98. The van der Waals surface area contributed by atoms with Crippen LogP contribution in [0.25, 0.3) is 0 Å². The van der Waals surface area contributed by atoms with E-state index in [0.29, 0.717) is 5.95 Å². The van der Waals surface area contributed by atoms with Crippen molar-refractivity contribution in [2.24, 2.45) is 5.92 Å². The zero-order valence-corrected chi connectivity index (χ0v) is 13.2. The lowest BCUT2D eigenvalue weighted by Gasteiger charge is -2.34. The SMILES string of the molecule is C=CCc1c(C)nc(N)nc1N1CCC[C@H](CSC)C1. The molecule has 2 rings (SSSR count). The van der Waals surface area contributed by atoms with Crippen molar-refractivity contribution in [2.45, 2.75) is 26.2 Å². The average Bonchev–Trinajstić information content (AvgIpc) is 2.42. The Bertz CT molecular complexity index is 473. The smallest absolute Gasteiger partial charge is 0.222 e. The van der Waals surface area contributed by atoms with Gasteiger partial charge in [0.1, 0.15) is 5.82 Å². The molecule has 0 spiro atoms. The second kappa shape index (κ2) is 6.97. The minimum absolute atomic E-state index is 0.373. The van der Waals surface area contributed by atoms with Crippen molar-refractivity contribution in [3.8, 4) is 0 Å². The summed E-state index contributed by atoms with van der Waals surface area (Å²) in [5.41, 5.74) is 7.98. The Morgan fingerprint density at radius 2 is 2.30 bits per heavy atom. The molecule has 1 fully saturated rings. The first-order valence-corrected chi connectivity index (χ1v) is 8.52. The first-order chi connectivity index (χ1) is 9.65. The number of hydrogen-bond donors (Lipinski definition) is 1. The summed E-state index contributed by atoms with van der Waals surface area (Å²) < 4.78 is 0. The van der Waals surface area contributed by atoms with Crippen molar-refractivity contribution in [2.75, 3.05) is 35.7 Å². The molecule has 1 aliphatic rings. The Hall–Kier alpha value is -1.23. The zero-order valence-electron chi connectivity index (χ0n) is 12.4. The molecule has 1 atom stereocenters. The molecule has 0 bridgehead atoms. The summed E-state index contributed by atoms with van der Waals surface area (Å²) in [5, 5.41) is 0. The molecule has 1 aliphatic heterocycles. The van der Waals surface area contributed by atoms with Gasteiger partial charge in [0.2, 0.25) is 5.95 Å². The number of hydrogen-bond acceptors (Lipinski definition) is 5. The van der Waals surface area contributed by atoms with Gasteiger partial charge in [-0.15, -0.1) is 6.58 Å². The van der Waals surface area contributed by atoms with Crippen LogP contribution in [0, 0.1) is 12.8 Å². The van der Waals surface area contributed by atoms with Crippen molar-refractivity contribution in [1.82, 2.24) is 9.97 Å². The molecular formula is C15H24N4S. The number of aromatic nitrogens is 2. The number of nitrogen functional groups attached to an aromatic ring is 1. The van der Waals surface area contributed by atoms with E-state index in [9.17, 15) is 0 Å². The number of aryl methyl sites for hydroxylation is 1. The van der Waals surface area contributed by atoms with Crippen molar-refractivity contribution >= 4 is 23.5 Å². The maximum atomic E-state index is 5.85. The molecule has 0 amide bonds. The molecule has 0 aliphatic carbocycles. The fourth-order valence-corrected chi connectivity index (χ4v) is 3.62. The third-order valence-electron chi connectivity index (χ3n) is 3.78. The summed E-state index contributed by atoms with van der Waals surface area (Å²) in [7, 11) is 0. The highest BCUT2D eigenvalue weighted by atomic mass is 32.2. The van der Waals surface area contributed by atoms with Gasteiger partial charge in [0.15, 0.2) is 0 Å². The van der Waals surface area contributed by atoms with Gasteiger partial charge in [-0.25, -0.2) is 4.98 Å². The fourth-order valence-electron chi connectivity index (χ4n) is 2.88. The van der Waals surface area contributed by atoms with E-state index in [4.69, 9.17) is 5.73 Å². The van der Waals surface area contributed by atoms with Crippen LogP contribution in [0.1, 0.15) is 24.1 Å². The van der Waals surface area contributed by atoms with Gasteiger partial charge in [0, 0.05) is 24.3 Å². The molecule has 0 unspecified atom stereocenters. The second-order valence-corrected chi connectivity index (χ2v) is 6.28. The van der Waals surface area contributed by atoms with Gasteiger partial charge in [0.05, 0.1) is 0 Å². The summed E-state index contributed by atoms with van der Waals surface area (Å²) in [4.78, 5) is 11.2. The van der Waals surface area contributed by atoms with E-state index in [1.807, 2.05) is 24.8 Å². The van der Waals surface area contributed by atoms with Crippen LogP contribution in [0.4, 0.5) is 11.8 Å². The zero-order chi connectivity index (χ0) is 14.5. The van der Waals surface area contributed by atoms with Crippen molar-refractivity contribution < 1.29 is 0 Å². The number of rotatable bonds is 5.